The summed E-state index contributed by atoms with van der Waals surface area (Å²) in [5, 5.41) is 11.9. The molecule has 1 aromatic carbocycles. The second-order valence-electron chi connectivity index (χ2n) is 3.49. The molecule has 0 bridgehead atoms. The van der Waals surface area contributed by atoms with E-state index in [2.05, 4.69) is 5.32 Å². The molecule has 0 radical (unpaired) electrons. The number of rotatable bonds is 5. The van der Waals surface area contributed by atoms with Gasteiger partial charge in [-0.05, 0) is 31.2 Å². The van der Waals surface area contributed by atoms with E-state index in [0.717, 1.165) is 4.90 Å². The Hall–Kier alpha value is -1.20. The van der Waals surface area contributed by atoms with Crippen molar-refractivity contribution in [2.45, 2.75) is 17.9 Å². The predicted octanol–water partition coefficient (Wildman–Crippen LogP) is 0.948. The van der Waals surface area contributed by atoms with Gasteiger partial charge in [-0.1, -0.05) is 0 Å². The number of benzene rings is 1. The standard InChI is InChI=1S/C11H16N2O2S/c1-8(6-12)13-11(15)7-16-10-4-2-9(14)3-5-10/h2-5,8,14H,6-7,12H2,1H3,(H,13,15)/t8-/m0/s1. The zero-order chi connectivity index (χ0) is 12.0. The second-order valence-corrected chi connectivity index (χ2v) is 4.54. The minimum Gasteiger partial charge on any atom is -0.508 e. The van der Waals surface area contributed by atoms with Crippen LogP contribution in [-0.4, -0.2) is 29.4 Å². The highest BCUT2D eigenvalue weighted by Gasteiger charge is 2.06. The fourth-order valence-corrected chi connectivity index (χ4v) is 1.78. The maximum atomic E-state index is 11.4. The summed E-state index contributed by atoms with van der Waals surface area (Å²) in [5.74, 6) is 0.552. The molecule has 1 atom stereocenters. The molecule has 0 aliphatic rings. The fraction of sp³-hybridized carbons (Fsp3) is 0.364. The Kier molecular flexibility index (Phi) is 5.14. The number of carbonyl (C=O) groups excluding carboxylic acids is 1. The van der Waals surface area contributed by atoms with Crippen LogP contribution in [0.4, 0.5) is 0 Å². The molecule has 0 unspecified atom stereocenters. The van der Waals surface area contributed by atoms with Gasteiger partial charge in [0.05, 0.1) is 5.75 Å². The lowest BCUT2D eigenvalue weighted by molar-refractivity contribution is -0.119. The first kappa shape index (κ1) is 12.9. The quantitative estimate of drug-likeness (QED) is 0.670. The minimum atomic E-state index is -0.0315. The van der Waals surface area contributed by atoms with Gasteiger partial charge < -0.3 is 16.2 Å². The van der Waals surface area contributed by atoms with Crippen molar-refractivity contribution in [3.05, 3.63) is 24.3 Å². The molecule has 0 saturated carbocycles. The van der Waals surface area contributed by atoms with Gasteiger partial charge in [0, 0.05) is 17.5 Å². The van der Waals surface area contributed by atoms with E-state index in [-0.39, 0.29) is 17.7 Å². The monoisotopic (exact) mass is 240 g/mol. The molecule has 4 N–H and O–H groups in total. The van der Waals surface area contributed by atoms with Crippen molar-refractivity contribution in [2.24, 2.45) is 5.73 Å². The Morgan fingerprint density at radius 2 is 2.12 bits per heavy atom. The van der Waals surface area contributed by atoms with E-state index in [1.165, 1.54) is 11.8 Å². The molecule has 0 heterocycles. The van der Waals surface area contributed by atoms with Crippen molar-refractivity contribution >= 4 is 17.7 Å². The molecule has 0 aliphatic carbocycles. The van der Waals surface area contributed by atoms with Gasteiger partial charge >= 0.3 is 0 Å². The van der Waals surface area contributed by atoms with Crippen LogP contribution in [0.25, 0.3) is 0 Å². The number of hydrogen-bond acceptors (Lipinski definition) is 4. The second kappa shape index (κ2) is 6.40. The topological polar surface area (TPSA) is 75.3 Å². The van der Waals surface area contributed by atoms with E-state index >= 15 is 0 Å². The van der Waals surface area contributed by atoms with Crippen LogP contribution in [0, 0.1) is 0 Å². The van der Waals surface area contributed by atoms with Gasteiger partial charge in [0.15, 0.2) is 0 Å². The highest BCUT2D eigenvalue weighted by Crippen LogP contribution is 2.20. The molecule has 0 spiro atoms. The third kappa shape index (κ3) is 4.55. The van der Waals surface area contributed by atoms with E-state index in [9.17, 15) is 4.79 Å². The molecule has 0 fully saturated rings. The number of carbonyl (C=O) groups is 1. The SMILES string of the molecule is C[C@@H](CN)NC(=O)CSc1ccc(O)cc1. The van der Waals surface area contributed by atoms with Crippen LogP contribution in [0.15, 0.2) is 29.2 Å². The van der Waals surface area contributed by atoms with E-state index < -0.39 is 0 Å². The lowest BCUT2D eigenvalue weighted by atomic mass is 10.3. The lowest BCUT2D eigenvalue weighted by Crippen LogP contribution is -2.38. The summed E-state index contributed by atoms with van der Waals surface area (Å²) in [5.41, 5.74) is 5.39. The Bertz CT molecular complexity index is 340. The maximum Gasteiger partial charge on any atom is 0.230 e. The summed E-state index contributed by atoms with van der Waals surface area (Å²) in [7, 11) is 0. The molecule has 16 heavy (non-hydrogen) atoms. The minimum absolute atomic E-state index is 0.00733. The maximum absolute atomic E-state index is 11.4. The number of nitrogens with two attached hydrogens (primary N) is 1. The van der Waals surface area contributed by atoms with Crippen LogP contribution in [0.1, 0.15) is 6.92 Å². The third-order valence-electron chi connectivity index (χ3n) is 1.97. The first-order valence-corrected chi connectivity index (χ1v) is 6.01. The predicted molar refractivity (Wildman–Crippen MR) is 65.5 cm³/mol. The first-order valence-electron chi connectivity index (χ1n) is 5.03. The van der Waals surface area contributed by atoms with E-state index in [0.29, 0.717) is 12.3 Å². The molecule has 88 valence electrons. The van der Waals surface area contributed by atoms with Gasteiger partial charge in [0.1, 0.15) is 5.75 Å². The zero-order valence-corrected chi connectivity index (χ0v) is 9.96. The fourth-order valence-electron chi connectivity index (χ4n) is 1.07. The van der Waals surface area contributed by atoms with Crippen molar-refractivity contribution in [2.75, 3.05) is 12.3 Å². The van der Waals surface area contributed by atoms with Gasteiger partial charge in [-0.2, -0.15) is 0 Å². The molecule has 5 heteroatoms. The number of phenolic OH excluding ortho intramolecular Hbond substituents is 1. The molecular formula is C11H16N2O2S. The van der Waals surface area contributed by atoms with Gasteiger partial charge in [-0.25, -0.2) is 0 Å². The van der Waals surface area contributed by atoms with Crippen molar-refractivity contribution in [3.8, 4) is 5.75 Å². The summed E-state index contributed by atoms with van der Waals surface area (Å²) in [6, 6.07) is 6.76. The van der Waals surface area contributed by atoms with E-state index in [1.807, 2.05) is 6.92 Å². The number of thioether (sulfide) groups is 1. The number of phenols is 1. The zero-order valence-electron chi connectivity index (χ0n) is 9.14. The molecule has 0 saturated heterocycles. The van der Waals surface area contributed by atoms with E-state index in [4.69, 9.17) is 10.8 Å². The number of hydrogen-bond donors (Lipinski definition) is 3. The number of nitrogens with one attached hydrogen (secondary N) is 1. The van der Waals surface area contributed by atoms with Crippen molar-refractivity contribution < 1.29 is 9.90 Å². The smallest absolute Gasteiger partial charge is 0.230 e. The first-order chi connectivity index (χ1) is 7.61. The summed E-state index contributed by atoms with van der Waals surface area (Å²) >= 11 is 1.43. The average Bonchev–Trinajstić information content (AvgIpc) is 2.28. The Morgan fingerprint density at radius 3 is 2.69 bits per heavy atom. The Balaban J connectivity index is 2.34. The highest BCUT2D eigenvalue weighted by molar-refractivity contribution is 8.00. The number of aromatic hydroxyl groups is 1. The van der Waals surface area contributed by atoms with Gasteiger partial charge in [0.2, 0.25) is 5.91 Å². The highest BCUT2D eigenvalue weighted by atomic mass is 32.2. The lowest BCUT2D eigenvalue weighted by Gasteiger charge is -2.10. The van der Waals surface area contributed by atoms with Crippen LogP contribution in [0.5, 0.6) is 5.75 Å². The van der Waals surface area contributed by atoms with Gasteiger partial charge in [-0.3, -0.25) is 4.79 Å². The van der Waals surface area contributed by atoms with Crippen LogP contribution in [-0.2, 0) is 4.79 Å². The van der Waals surface area contributed by atoms with Crippen molar-refractivity contribution in [1.82, 2.24) is 5.32 Å². The molecule has 4 nitrogen and oxygen atoms in total. The third-order valence-corrected chi connectivity index (χ3v) is 2.98. The normalized spacial score (nSPS) is 12.1. The summed E-state index contributed by atoms with van der Waals surface area (Å²) < 4.78 is 0. The van der Waals surface area contributed by atoms with Gasteiger partial charge in [0.25, 0.3) is 0 Å². The van der Waals surface area contributed by atoms with Crippen LogP contribution in [0.2, 0.25) is 0 Å². The molecular weight excluding hydrogens is 224 g/mol. The molecule has 0 aromatic heterocycles. The molecule has 1 aromatic rings. The van der Waals surface area contributed by atoms with E-state index in [1.54, 1.807) is 24.3 Å². The molecule has 1 rings (SSSR count). The largest absolute Gasteiger partial charge is 0.508 e. The van der Waals surface area contributed by atoms with Crippen LogP contribution < -0.4 is 11.1 Å². The summed E-state index contributed by atoms with van der Waals surface area (Å²) in [6.07, 6.45) is 0. The Morgan fingerprint density at radius 1 is 1.50 bits per heavy atom. The summed E-state index contributed by atoms with van der Waals surface area (Å²) in [4.78, 5) is 12.4. The summed E-state index contributed by atoms with van der Waals surface area (Å²) in [6.45, 7) is 2.30. The average molecular weight is 240 g/mol. The molecule has 0 aliphatic heterocycles. The van der Waals surface area contributed by atoms with Gasteiger partial charge in [-0.15, -0.1) is 11.8 Å². The number of amides is 1. The van der Waals surface area contributed by atoms with Crippen LogP contribution in [0.3, 0.4) is 0 Å². The molecule has 1 amide bonds. The Labute approximate surface area is 99.2 Å². The van der Waals surface area contributed by atoms with Crippen LogP contribution >= 0.6 is 11.8 Å². The van der Waals surface area contributed by atoms with Crippen molar-refractivity contribution in [3.63, 3.8) is 0 Å². The van der Waals surface area contributed by atoms with Crippen molar-refractivity contribution in [1.29, 1.82) is 0 Å².